The minimum Gasteiger partial charge on any atom is -0.372 e. The zero-order valence-electron chi connectivity index (χ0n) is 10.2. The molecule has 2 rings (SSSR count). The Kier molecular flexibility index (Phi) is 3.71. The van der Waals surface area contributed by atoms with Crippen molar-refractivity contribution in [2.45, 2.75) is 18.9 Å². The molecule has 1 aliphatic rings. The molecule has 1 fully saturated rings. The normalized spacial score (nSPS) is 25.4. The summed E-state index contributed by atoms with van der Waals surface area (Å²) in [6.45, 7) is 4.70. The standard InChI is InChI=1S/C13H17ClFNO/c1-3-16-8-7-13(9-16,17-2)10-5-4-6-11(14)12(10)15/h4-6H,3,7-9H2,1-2H3. The monoisotopic (exact) mass is 257 g/mol. The molecular formula is C13H17ClFNO. The van der Waals surface area contributed by atoms with E-state index in [1.54, 1.807) is 25.3 Å². The average Bonchev–Trinajstić information content (AvgIpc) is 2.77. The molecule has 1 heterocycles. The summed E-state index contributed by atoms with van der Waals surface area (Å²) in [4.78, 5) is 2.25. The van der Waals surface area contributed by atoms with E-state index in [4.69, 9.17) is 16.3 Å². The van der Waals surface area contributed by atoms with Gasteiger partial charge in [-0.05, 0) is 19.0 Å². The van der Waals surface area contributed by atoms with E-state index >= 15 is 0 Å². The maximum Gasteiger partial charge on any atom is 0.147 e. The Labute approximate surface area is 106 Å². The third kappa shape index (κ3) is 2.19. The minimum atomic E-state index is -0.551. The van der Waals surface area contributed by atoms with Gasteiger partial charge in [0.1, 0.15) is 11.4 Å². The first-order valence-corrected chi connectivity index (χ1v) is 6.23. The van der Waals surface area contributed by atoms with Crippen molar-refractivity contribution >= 4 is 11.6 Å². The fourth-order valence-corrected chi connectivity index (χ4v) is 2.65. The summed E-state index contributed by atoms with van der Waals surface area (Å²) < 4.78 is 19.7. The Morgan fingerprint density at radius 1 is 1.53 bits per heavy atom. The van der Waals surface area contributed by atoms with Crippen LogP contribution in [-0.4, -0.2) is 31.6 Å². The van der Waals surface area contributed by atoms with Crippen LogP contribution in [0.5, 0.6) is 0 Å². The number of nitrogens with zero attached hydrogens (tertiary/aromatic N) is 1. The van der Waals surface area contributed by atoms with Gasteiger partial charge in [0.15, 0.2) is 0 Å². The number of hydrogen-bond donors (Lipinski definition) is 0. The van der Waals surface area contributed by atoms with E-state index in [-0.39, 0.29) is 10.8 Å². The Hall–Kier alpha value is -0.640. The second-order valence-electron chi connectivity index (χ2n) is 4.42. The SMILES string of the molecule is CCN1CCC(OC)(c2cccc(Cl)c2F)C1. The van der Waals surface area contributed by atoms with Crippen LogP contribution < -0.4 is 0 Å². The molecule has 0 saturated carbocycles. The molecule has 0 bridgehead atoms. The highest BCUT2D eigenvalue weighted by atomic mass is 35.5. The highest BCUT2D eigenvalue weighted by Gasteiger charge is 2.41. The molecule has 0 aliphatic carbocycles. The summed E-state index contributed by atoms with van der Waals surface area (Å²) in [7, 11) is 1.64. The van der Waals surface area contributed by atoms with Crippen LogP contribution in [0.4, 0.5) is 4.39 Å². The molecule has 4 heteroatoms. The molecule has 1 aromatic rings. The zero-order valence-corrected chi connectivity index (χ0v) is 10.9. The van der Waals surface area contributed by atoms with Crippen molar-refractivity contribution in [2.24, 2.45) is 0 Å². The van der Waals surface area contributed by atoms with E-state index in [1.165, 1.54) is 0 Å². The van der Waals surface area contributed by atoms with Gasteiger partial charge in [-0.1, -0.05) is 30.7 Å². The molecule has 1 unspecified atom stereocenters. The lowest BCUT2D eigenvalue weighted by Gasteiger charge is -2.29. The third-order valence-electron chi connectivity index (χ3n) is 3.59. The average molecular weight is 258 g/mol. The summed E-state index contributed by atoms with van der Waals surface area (Å²) in [5.41, 5.74) is 0.0220. The van der Waals surface area contributed by atoms with E-state index < -0.39 is 5.60 Å². The molecular weight excluding hydrogens is 241 g/mol. The van der Waals surface area contributed by atoms with E-state index in [1.807, 2.05) is 0 Å². The third-order valence-corrected chi connectivity index (χ3v) is 3.88. The Bertz CT molecular complexity index is 412. The van der Waals surface area contributed by atoms with Crippen molar-refractivity contribution in [1.82, 2.24) is 4.90 Å². The predicted octanol–water partition coefficient (Wildman–Crippen LogP) is 3.05. The molecule has 0 amide bonds. The zero-order chi connectivity index (χ0) is 12.5. The van der Waals surface area contributed by atoms with Gasteiger partial charge in [0.05, 0.1) is 5.02 Å². The summed E-state index contributed by atoms with van der Waals surface area (Å²) in [6.07, 6.45) is 0.800. The first-order chi connectivity index (χ1) is 8.13. The fourth-order valence-electron chi connectivity index (χ4n) is 2.48. The van der Waals surface area contributed by atoms with Crippen LogP contribution in [0.1, 0.15) is 18.9 Å². The maximum atomic E-state index is 14.1. The number of halogens is 2. The molecule has 0 N–H and O–H groups in total. The van der Waals surface area contributed by atoms with Crippen LogP contribution in [0.2, 0.25) is 5.02 Å². The van der Waals surface area contributed by atoms with Crippen LogP contribution in [0.3, 0.4) is 0 Å². The van der Waals surface area contributed by atoms with Gasteiger partial charge in [0, 0.05) is 25.8 Å². The van der Waals surface area contributed by atoms with Gasteiger partial charge in [-0.15, -0.1) is 0 Å². The van der Waals surface area contributed by atoms with E-state index in [0.29, 0.717) is 5.56 Å². The van der Waals surface area contributed by atoms with Gasteiger partial charge in [-0.2, -0.15) is 0 Å². The number of benzene rings is 1. The van der Waals surface area contributed by atoms with Crippen LogP contribution in [0.25, 0.3) is 0 Å². The highest BCUT2D eigenvalue weighted by molar-refractivity contribution is 6.30. The van der Waals surface area contributed by atoms with Gasteiger partial charge in [0.2, 0.25) is 0 Å². The molecule has 0 spiro atoms. The van der Waals surface area contributed by atoms with Gasteiger partial charge in [0.25, 0.3) is 0 Å². The summed E-state index contributed by atoms with van der Waals surface area (Å²) in [5, 5.41) is 0.161. The van der Waals surface area contributed by atoms with Crippen molar-refractivity contribution in [2.75, 3.05) is 26.7 Å². The summed E-state index contributed by atoms with van der Waals surface area (Å²) in [5.74, 6) is -0.353. The van der Waals surface area contributed by atoms with E-state index in [0.717, 1.165) is 26.1 Å². The van der Waals surface area contributed by atoms with Crippen molar-refractivity contribution in [3.8, 4) is 0 Å². The number of likely N-dealkylation sites (N-methyl/N-ethyl adjacent to an activating group) is 1. The molecule has 1 aliphatic heterocycles. The molecule has 2 nitrogen and oxygen atoms in total. The second-order valence-corrected chi connectivity index (χ2v) is 4.83. The van der Waals surface area contributed by atoms with Gasteiger partial charge in [-0.25, -0.2) is 4.39 Å². The topological polar surface area (TPSA) is 12.5 Å². The smallest absolute Gasteiger partial charge is 0.147 e. The van der Waals surface area contributed by atoms with Crippen molar-refractivity contribution in [3.05, 3.63) is 34.6 Å². The number of methoxy groups -OCH3 is 1. The lowest BCUT2D eigenvalue weighted by molar-refractivity contribution is -0.00820. The molecule has 1 aromatic carbocycles. The molecule has 1 atom stereocenters. The number of likely N-dealkylation sites (tertiary alicyclic amines) is 1. The minimum absolute atomic E-state index is 0.161. The summed E-state index contributed by atoms with van der Waals surface area (Å²) >= 11 is 5.84. The summed E-state index contributed by atoms with van der Waals surface area (Å²) in [6, 6.07) is 5.11. The number of rotatable bonds is 3. The van der Waals surface area contributed by atoms with Gasteiger partial charge < -0.3 is 9.64 Å². The first kappa shape index (κ1) is 12.8. The Balaban J connectivity index is 2.39. The Morgan fingerprint density at radius 3 is 2.88 bits per heavy atom. The lowest BCUT2D eigenvalue weighted by atomic mass is 9.92. The number of ether oxygens (including phenoxy) is 1. The maximum absolute atomic E-state index is 14.1. The molecule has 94 valence electrons. The highest BCUT2D eigenvalue weighted by Crippen LogP contribution is 2.38. The molecule has 17 heavy (non-hydrogen) atoms. The molecule has 1 saturated heterocycles. The van der Waals surface area contributed by atoms with Crippen LogP contribution >= 0.6 is 11.6 Å². The van der Waals surface area contributed by atoms with Gasteiger partial charge >= 0.3 is 0 Å². The van der Waals surface area contributed by atoms with Crippen molar-refractivity contribution < 1.29 is 9.13 Å². The Morgan fingerprint density at radius 2 is 2.29 bits per heavy atom. The molecule has 0 aromatic heterocycles. The fraction of sp³-hybridized carbons (Fsp3) is 0.538. The van der Waals surface area contributed by atoms with Crippen LogP contribution in [-0.2, 0) is 10.3 Å². The van der Waals surface area contributed by atoms with Crippen LogP contribution in [0, 0.1) is 5.82 Å². The van der Waals surface area contributed by atoms with Crippen molar-refractivity contribution in [3.63, 3.8) is 0 Å². The first-order valence-electron chi connectivity index (χ1n) is 5.85. The quantitative estimate of drug-likeness (QED) is 0.825. The van der Waals surface area contributed by atoms with E-state index in [9.17, 15) is 4.39 Å². The second kappa shape index (κ2) is 4.92. The van der Waals surface area contributed by atoms with Crippen LogP contribution in [0.15, 0.2) is 18.2 Å². The van der Waals surface area contributed by atoms with Crippen molar-refractivity contribution in [1.29, 1.82) is 0 Å². The van der Waals surface area contributed by atoms with Gasteiger partial charge in [-0.3, -0.25) is 0 Å². The van der Waals surface area contributed by atoms with E-state index in [2.05, 4.69) is 11.8 Å². The predicted molar refractivity (Wildman–Crippen MR) is 66.8 cm³/mol. The molecule has 0 radical (unpaired) electrons. The number of hydrogen-bond acceptors (Lipinski definition) is 2. The largest absolute Gasteiger partial charge is 0.372 e. The lowest BCUT2D eigenvalue weighted by Crippen LogP contribution is -2.33.